The molecule has 7 heteroatoms. The zero-order valence-electron chi connectivity index (χ0n) is 15.3. The number of fused-ring (bicyclic) bond motifs is 2. The SMILES string of the molecule is COCC(=O)N1C[C@@H]2Oc3cc(-c4cccnc4)ccc3C(=O)N(C)[C@@H]2C1. The highest BCUT2D eigenvalue weighted by molar-refractivity contribution is 5.98. The molecule has 1 aromatic carbocycles. The Balaban J connectivity index is 1.66. The summed E-state index contributed by atoms with van der Waals surface area (Å²) in [4.78, 5) is 32.6. The molecule has 7 nitrogen and oxygen atoms in total. The maximum absolute atomic E-state index is 12.9. The number of nitrogens with zero attached hydrogens (tertiary/aromatic N) is 3. The van der Waals surface area contributed by atoms with Crippen molar-refractivity contribution in [2.45, 2.75) is 12.1 Å². The first-order valence-electron chi connectivity index (χ1n) is 8.83. The minimum atomic E-state index is -0.273. The second kappa shape index (κ2) is 7.00. The topological polar surface area (TPSA) is 72.0 Å². The number of likely N-dealkylation sites (N-methyl/N-ethyl adjacent to an activating group) is 1. The van der Waals surface area contributed by atoms with Gasteiger partial charge in [-0.05, 0) is 23.8 Å². The van der Waals surface area contributed by atoms with Crippen molar-refractivity contribution in [3.63, 3.8) is 0 Å². The fraction of sp³-hybridized carbons (Fsp3) is 0.350. The van der Waals surface area contributed by atoms with Crippen LogP contribution < -0.4 is 4.74 Å². The van der Waals surface area contributed by atoms with Gasteiger partial charge in [0.25, 0.3) is 5.91 Å². The Kier molecular flexibility index (Phi) is 4.53. The summed E-state index contributed by atoms with van der Waals surface area (Å²) in [5, 5.41) is 0. The number of ether oxygens (including phenoxy) is 2. The molecule has 0 bridgehead atoms. The summed E-state index contributed by atoms with van der Waals surface area (Å²) in [7, 11) is 3.26. The molecular weight excluding hydrogens is 346 g/mol. The molecule has 0 unspecified atom stereocenters. The summed E-state index contributed by atoms with van der Waals surface area (Å²) in [6, 6.07) is 9.22. The maximum Gasteiger partial charge on any atom is 0.257 e. The minimum absolute atomic E-state index is 0.0266. The van der Waals surface area contributed by atoms with Crippen molar-refractivity contribution < 1.29 is 19.1 Å². The van der Waals surface area contributed by atoms with Crippen molar-refractivity contribution in [2.75, 3.05) is 33.9 Å². The van der Waals surface area contributed by atoms with E-state index in [-0.39, 0.29) is 30.6 Å². The Labute approximate surface area is 157 Å². The quantitative estimate of drug-likeness (QED) is 0.821. The van der Waals surface area contributed by atoms with Gasteiger partial charge in [0.15, 0.2) is 0 Å². The number of pyridine rings is 1. The molecule has 2 amide bonds. The molecule has 2 aliphatic heterocycles. The lowest BCUT2D eigenvalue weighted by atomic mass is 10.0. The fourth-order valence-electron chi connectivity index (χ4n) is 3.68. The Morgan fingerprint density at radius 2 is 2.15 bits per heavy atom. The zero-order chi connectivity index (χ0) is 19.0. The molecule has 0 N–H and O–H groups in total. The van der Waals surface area contributed by atoms with E-state index in [0.29, 0.717) is 24.4 Å². The Bertz CT molecular complexity index is 871. The molecular formula is C20H21N3O4. The maximum atomic E-state index is 12.9. The summed E-state index contributed by atoms with van der Waals surface area (Å²) in [5.74, 6) is 0.345. The molecule has 0 saturated carbocycles. The predicted octanol–water partition coefficient (Wildman–Crippen LogP) is 1.44. The number of carbonyl (C=O) groups excluding carboxylic acids is 2. The first-order chi connectivity index (χ1) is 13.1. The van der Waals surface area contributed by atoms with E-state index < -0.39 is 0 Å². The van der Waals surface area contributed by atoms with Crippen LogP contribution in [0, 0.1) is 0 Å². The Morgan fingerprint density at radius 1 is 1.30 bits per heavy atom. The van der Waals surface area contributed by atoms with Crippen molar-refractivity contribution in [3.05, 3.63) is 48.3 Å². The van der Waals surface area contributed by atoms with Gasteiger partial charge in [-0.25, -0.2) is 0 Å². The van der Waals surface area contributed by atoms with Gasteiger partial charge >= 0.3 is 0 Å². The van der Waals surface area contributed by atoms with Gasteiger partial charge < -0.3 is 19.3 Å². The number of carbonyl (C=O) groups is 2. The second-order valence-corrected chi connectivity index (χ2v) is 6.82. The average Bonchev–Trinajstić information content (AvgIpc) is 3.08. The molecule has 1 aromatic heterocycles. The van der Waals surface area contributed by atoms with Gasteiger partial charge in [0.2, 0.25) is 5.91 Å². The summed E-state index contributed by atoms with van der Waals surface area (Å²) in [6.07, 6.45) is 3.22. The molecule has 0 radical (unpaired) electrons. The van der Waals surface area contributed by atoms with Crippen LogP contribution in [0.15, 0.2) is 42.7 Å². The van der Waals surface area contributed by atoms with Crippen LogP contribution in [0.5, 0.6) is 5.75 Å². The van der Waals surface area contributed by atoms with Crippen molar-refractivity contribution in [1.82, 2.24) is 14.8 Å². The van der Waals surface area contributed by atoms with Gasteiger partial charge in [-0.3, -0.25) is 14.6 Å². The lowest BCUT2D eigenvalue weighted by Crippen LogP contribution is -2.44. The Morgan fingerprint density at radius 3 is 2.89 bits per heavy atom. The number of methoxy groups -OCH3 is 1. The van der Waals surface area contributed by atoms with Crippen molar-refractivity contribution in [1.29, 1.82) is 0 Å². The van der Waals surface area contributed by atoms with Crippen LogP contribution in [0.3, 0.4) is 0 Å². The van der Waals surface area contributed by atoms with E-state index in [9.17, 15) is 9.59 Å². The third kappa shape index (κ3) is 3.14. The van der Waals surface area contributed by atoms with Crippen molar-refractivity contribution >= 4 is 11.8 Å². The number of amides is 2. The zero-order valence-corrected chi connectivity index (χ0v) is 15.3. The second-order valence-electron chi connectivity index (χ2n) is 6.82. The highest BCUT2D eigenvalue weighted by atomic mass is 16.5. The number of likely N-dealkylation sites (tertiary alicyclic amines) is 1. The molecule has 2 aromatic rings. The minimum Gasteiger partial charge on any atom is -0.485 e. The molecule has 1 fully saturated rings. The van der Waals surface area contributed by atoms with Gasteiger partial charge in [-0.15, -0.1) is 0 Å². The van der Waals surface area contributed by atoms with Gasteiger partial charge in [-0.1, -0.05) is 12.1 Å². The van der Waals surface area contributed by atoms with E-state index in [1.807, 2.05) is 24.3 Å². The lowest BCUT2D eigenvalue weighted by molar-refractivity contribution is -0.134. The van der Waals surface area contributed by atoms with E-state index in [0.717, 1.165) is 11.1 Å². The number of aromatic nitrogens is 1. The molecule has 2 atom stereocenters. The number of hydrogen-bond donors (Lipinski definition) is 0. The molecule has 2 aliphatic rings. The third-order valence-corrected chi connectivity index (χ3v) is 5.16. The number of benzene rings is 1. The van der Waals surface area contributed by atoms with Crippen molar-refractivity contribution in [2.24, 2.45) is 0 Å². The van der Waals surface area contributed by atoms with Crippen LogP contribution in [-0.2, 0) is 9.53 Å². The third-order valence-electron chi connectivity index (χ3n) is 5.16. The van der Waals surface area contributed by atoms with Crippen LogP contribution in [-0.4, -0.2) is 72.6 Å². The summed E-state index contributed by atoms with van der Waals surface area (Å²) in [6.45, 7) is 0.901. The standard InChI is InChI=1S/C20H21N3O4/c1-22-16-10-23(19(24)12-26-2)11-18(16)27-17-8-13(5-6-15(17)20(22)25)14-4-3-7-21-9-14/h3-9,16,18H,10-12H2,1-2H3/t16-,18+/m1/s1. The highest BCUT2D eigenvalue weighted by Crippen LogP contribution is 2.34. The molecule has 1 saturated heterocycles. The molecule has 27 heavy (non-hydrogen) atoms. The summed E-state index contributed by atoms with van der Waals surface area (Å²) < 4.78 is 11.2. The van der Waals surface area contributed by atoms with Gasteiger partial charge in [0.05, 0.1) is 18.2 Å². The molecule has 0 aliphatic carbocycles. The predicted molar refractivity (Wildman–Crippen MR) is 98.4 cm³/mol. The first-order valence-corrected chi connectivity index (χ1v) is 8.83. The molecule has 3 heterocycles. The monoisotopic (exact) mass is 367 g/mol. The number of hydrogen-bond acceptors (Lipinski definition) is 5. The largest absolute Gasteiger partial charge is 0.485 e. The molecule has 4 rings (SSSR count). The van der Waals surface area contributed by atoms with Crippen molar-refractivity contribution in [3.8, 4) is 16.9 Å². The normalized spacial score (nSPS) is 21.3. The van der Waals surface area contributed by atoms with E-state index in [1.165, 1.54) is 7.11 Å². The van der Waals surface area contributed by atoms with Gasteiger partial charge in [0, 0.05) is 38.7 Å². The molecule has 0 spiro atoms. The smallest absolute Gasteiger partial charge is 0.257 e. The van der Waals surface area contributed by atoms with E-state index in [1.54, 1.807) is 35.3 Å². The highest BCUT2D eigenvalue weighted by Gasteiger charge is 2.43. The van der Waals surface area contributed by atoms with Crippen LogP contribution in [0.1, 0.15) is 10.4 Å². The van der Waals surface area contributed by atoms with E-state index in [4.69, 9.17) is 9.47 Å². The van der Waals surface area contributed by atoms with Crippen LogP contribution in [0.2, 0.25) is 0 Å². The first kappa shape index (κ1) is 17.5. The summed E-state index contributed by atoms with van der Waals surface area (Å²) in [5.41, 5.74) is 2.42. The summed E-state index contributed by atoms with van der Waals surface area (Å²) >= 11 is 0. The van der Waals surface area contributed by atoms with E-state index in [2.05, 4.69) is 4.98 Å². The van der Waals surface area contributed by atoms with Gasteiger partial charge in [-0.2, -0.15) is 0 Å². The lowest BCUT2D eigenvalue weighted by Gasteiger charge is -2.24. The van der Waals surface area contributed by atoms with Crippen LogP contribution in [0.25, 0.3) is 11.1 Å². The average molecular weight is 367 g/mol. The molecule has 140 valence electrons. The van der Waals surface area contributed by atoms with E-state index >= 15 is 0 Å². The fourth-order valence-corrected chi connectivity index (χ4v) is 3.68. The number of rotatable bonds is 3. The van der Waals surface area contributed by atoms with Crippen LogP contribution in [0.4, 0.5) is 0 Å². The Hall–Kier alpha value is -2.93. The van der Waals surface area contributed by atoms with Gasteiger partial charge in [0.1, 0.15) is 18.5 Å². The van der Waals surface area contributed by atoms with Crippen LogP contribution >= 0.6 is 0 Å².